The van der Waals surface area contributed by atoms with E-state index in [9.17, 15) is 19.8 Å². The molecule has 0 aliphatic heterocycles. The SMILES string of the molecule is CCCCCCCC#Cc1ccc([C@H]2CC[C@](N)(C(=O)O)C2)cc1.CCCCCCCCCc1ccc([C@H]2CC[C@](N)(C(=O)O)C2)cc1. The maximum absolute atomic E-state index is 11.3. The van der Waals surface area contributed by atoms with E-state index in [0.717, 1.165) is 31.2 Å². The molecule has 4 rings (SSSR count). The van der Waals surface area contributed by atoms with Crippen molar-refractivity contribution in [3.63, 3.8) is 0 Å². The second kappa shape index (κ2) is 20.4. The highest BCUT2D eigenvalue weighted by atomic mass is 16.4. The van der Waals surface area contributed by atoms with Crippen LogP contribution in [0.1, 0.15) is 170 Å². The molecule has 264 valence electrons. The standard InChI is InChI=1S/C21H33NO2.C21H29NO2/c2*1-2-3-4-5-6-7-8-9-17-10-12-18(13-11-17)19-14-15-21(22,16-19)20(23)24/h10-13,19H,2-9,14-16,22H2,1H3,(H,23,24);10-13,19H,2-7,14-16,22H2,1H3,(H,23,24)/t2*19-,21+/m00/s1. The molecule has 0 bridgehead atoms. The Labute approximate surface area is 290 Å². The van der Waals surface area contributed by atoms with Crippen LogP contribution in [0.25, 0.3) is 0 Å². The quantitative estimate of drug-likeness (QED) is 0.0991. The number of hydrogen-bond acceptors (Lipinski definition) is 4. The minimum atomic E-state index is -1.05. The van der Waals surface area contributed by atoms with Gasteiger partial charge in [0.25, 0.3) is 0 Å². The predicted octanol–water partition coefficient (Wildman–Crippen LogP) is 9.48. The van der Waals surface area contributed by atoms with Crippen LogP contribution in [0.2, 0.25) is 0 Å². The van der Waals surface area contributed by atoms with Gasteiger partial charge in [-0.3, -0.25) is 9.59 Å². The highest BCUT2D eigenvalue weighted by molar-refractivity contribution is 5.79. The van der Waals surface area contributed by atoms with E-state index in [1.54, 1.807) is 0 Å². The van der Waals surface area contributed by atoms with Crippen LogP contribution in [0.5, 0.6) is 0 Å². The molecule has 2 aromatic carbocycles. The molecule has 2 aromatic rings. The first-order chi connectivity index (χ1) is 23.1. The number of unbranched alkanes of at least 4 members (excludes halogenated alkanes) is 11. The van der Waals surface area contributed by atoms with Crippen LogP contribution in [0.4, 0.5) is 0 Å². The molecule has 4 atom stereocenters. The smallest absolute Gasteiger partial charge is 0.323 e. The number of hydrogen-bond donors (Lipinski definition) is 4. The first kappa shape index (κ1) is 39.3. The predicted molar refractivity (Wildman–Crippen MR) is 197 cm³/mol. The number of aryl methyl sites for hydroxylation is 1. The summed E-state index contributed by atoms with van der Waals surface area (Å²) >= 11 is 0. The number of benzene rings is 2. The van der Waals surface area contributed by atoms with E-state index in [0.29, 0.717) is 31.6 Å². The zero-order valence-corrected chi connectivity index (χ0v) is 29.8. The average molecular weight is 659 g/mol. The Balaban J connectivity index is 0.000000260. The molecule has 0 unspecified atom stereocenters. The summed E-state index contributed by atoms with van der Waals surface area (Å²) in [6.07, 6.45) is 21.8. The molecule has 0 aromatic heterocycles. The number of carboxylic acid groups (broad SMARTS) is 2. The van der Waals surface area contributed by atoms with Crippen molar-refractivity contribution in [2.75, 3.05) is 0 Å². The van der Waals surface area contributed by atoms with Crippen LogP contribution < -0.4 is 11.5 Å². The third-order valence-electron chi connectivity index (χ3n) is 10.5. The number of carbonyl (C=O) groups is 2. The van der Waals surface area contributed by atoms with Crippen molar-refractivity contribution in [2.24, 2.45) is 11.5 Å². The first-order valence-electron chi connectivity index (χ1n) is 18.8. The van der Waals surface area contributed by atoms with Gasteiger partial charge in [-0.05, 0) is 98.4 Å². The summed E-state index contributed by atoms with van der Waals surface area (Å²) < 4.78 is 0. The Morgan fingerprint density at radius 1 is 0.667 bits per heavy atom. The lowest BCUT2D eigenvalue weighted by Gasteiger charge is -2.18. The number of rotatable bonds is 17. The maximum atomic E-state index is 11.3. The van der Waals surface area contributed by atoms with Gasteiger partial charge in [-0.1, -0.05) is 126 Å². The number of carboxylic acids is 2. The van der Waals surface area contributed by atoms with E-state index in [4.69, 9.17) is 11.5 Å². The van der Waals surface area contributed by atoms with E-state index in [1.165, 1.54) is 93.7 Å². The molecule has 0 radical (unpaired) electrons. The van der Waals surface area contributed by atoms with Crippen LogP contribution in [0, 0.1) is 11.8 Å². The summed E-state index contributed by atoms with van der Waals surface area (Å²) in [5.41, 5.74) is 14.7. The Hall–Kier alpha value is -3.14. The largest absolute Gasteiger partial charge is 0.480 e. The lowest BCUT2D eigenvalue weighted by atomic mass is 9.92. The Morgan fingerprint density at radius 3 is 1.56 bits per heavy atom. The Bertz CT molecular complexity index is 1310. The Morgan fingerprint density at radius 2 is 1.10 bits per heavy atom. The van der Waals surface area contributed by atoms with Gasteiger partial charge in [0.05, 0.1) is 0 Å². The molecule has 6 nitrogen and oxygen atoms in total. The highest BCUT2D eigenvalue weighted by Crippen LogP contribution is 2.40. The van der Waals surface area contributed by atoms with Crippen molar-refractivity contribution < 1.29 is 19.8 Å². The fourth-order valence-corrected chi connectivity index (χ4v) is 7.17. The topological polar surface area (TPSA) is 127 Å². The van der Waals surface area contributed by atoms with Gasteiger partial charge in [0.2, 0.25) is 0 Å². The summed E-state index contributed by atoms with van der Waals surface area (Å²) in [5.74, 6) is 5.26. The van der Waals surface area contributed by atoms with Crippen LogP contribution in [-0.4, -0.2) is 33.2 Å². The van der Waals surface area contributed by atoms with E-state index < -0.39 is 23.0 Å². The summed E-state index contributed by atoms with van der Waals surface area (Å²) in [6.45, 7) is 4.48. The molecule has 0 amide bonds. The lowest BCUT2D eigenvalue weighted by molar-refractivity contribution is -0.144. The summed E-state index contributed by atoms with van der Waals surface area (Å²) in [6, 6.07) is 17.0. The van der Waals surface area contributed by atoms with Crippen LogP contribution in [0.3, 0.4) is 0 Å². The minimum Gasteiger partial charge on any atom is -0.480 e. The fraction of sp³-hybridized carbons (Fsp3) is 0.619. The second-order valence-electron chi connectivity index (χ2n) is 14.5. The molecule has 0 spiro atoms. The van der Waals surface area contributed by atoms with Gasteiger partial charge in [0.15, 0.2) is 0 Å². The third kappa shape index (κ3) is 12.7. The fourth-order valence-electron chi connectivity index (χ4n) is 7.17. The molecular weight excluding hydrogens is 596 g/mol. The molecule has 48 heavy (non-hydrogen) atoms. The third-order valence-corrected chi connectivity index (χ3v) is 10.5. The Kier molecular flexibility index (Phi) is 16.7. The van der Waals surface area contributed by atoms with Gasteiger partial charge >= 0.3 is 11.9 Å². The van der Waals surface area contributed by atoms with Crippen molar-refractivity contribution in [1.29, 1.82) is 0 Å². The molecule has 2 fully saturated rings. The monoisotopic (exact) mass is 658 g/mol. The number of nitrogens with two attached hydrogens (primary N) is 2. The van der Waals surface area contributed by atoms with Crippen molar-refractivity contribution in [1.82, 2.24) is 0 Å². The summed E-state index contributed by atoms with van der Waals surface area (Å²) in [4.78, 5) is 22.5. The van der Waals surface area contributed by atoms with Crippen LogP contribution in [-0.2, 0) is 16.0 Å². The molecular formula is C42H62N2O4. The highest BCUT2D eigenvalue weighted by Gasteiger charge is 2.43. The maximum Gasteiger partial charge on any atom is 0.323 e. The molecule has 6 N–H and O–H groups in total. The summed E-state index contributed by atoms with van der Waals surface area (Å²) in [7, 11) is 0. The molecule has 2 saturated carbocycles. The average Bonchev–Trinajstić information content (AvgIpc) is 3.70. The van der Waals surface area contributed by atoms with Crippen molar-refractivity contribution >= 4 is 11.9 Å². The van der Waals surface area contributed by atoms with E-state index in [2.05, 4.69) is 62.1 Å². The second-order valence-corrected chi connectivity index (χ2v) is 14.5. The summed E-state index contributed by atoms with van der Waals surface area (Å²) in [5, 5.41) is 18.5. The molecule has 0 heterocycles. The zero-order valence-electron chi connectivity index (χ0n) is 29.8. The molecule has 6 heteroatoms. The van der Waals surface area contributed by atoms with Crippen LogP contribution in [0.15, 0.2) is 48.5 Å². The molecule has 2 aliphatic rings. The van der Waals surface area contributed by atoms with Crippen molar-refractivity contribution in [2.45, 2.75) is 165 Å². The van der Waals surface area contributed by atoms with E-state index >= 15 is 0 Å². The number of aliphatic carboxylic acids is 2. The molecule has 0 saturated heterocycles. The van der Waals surface area contributed by atoms with Gasteiger partial charge in [-0.15, -0.1) is 0 Å². The van der Waals surface area contributed by atoms with Crippen molar-refractivity contribution in [3.05, 3.63) is 70.8 Å². The minimum absolute atomic E-state index is 0.242. The van der Waals surface area contributed by atoms with Gasteiger partial charge in [-0.2, -0.15) is 0 Å². The van der Waals surface area contributed by atoms with E-state index in [-0.39, 0.29) is 5.92 Å². The first-order valence-corrected chi connectivity index (χ1v) is 18.8. The van der Waals surface area contributed by atoms with Crippen LogP contribution >= 0.6 is 0 Å². The van der Waals surface area contributed by atoms with Gasteiger partial charge in [0, 0.05) is 12.0 Å². The van der Waals surface area contributed by atoms with Gasteiger partial charge in [-0.25, -0.2) is 0 Å². The van der Waals surface area contributed by atoms with Gasteiger partial charge in [0.1, 0.15) is 11.1 Å². The normalized spacial score (nSPS) is 23.2. The van der Waals surface area contributed by atoms with Gasteiger partial charge < -0.3 is 21.7 Å². The van der Waals surface area contributed by atoms with E-state index in [1.807, 2.05) is 12.1 Å². The zero-order chi connectivity index (χ0) is 34.8. The lowest BCUT2D eigenvalue weighted by Crippen LogP contribution is -2.45. The molecule has 2 aliphatic carbocycles. The van der Waals surface area contributed by atoms with Crippen molar-refractivity contribution in [3.8, 4) is 11.8 Å².